The molecule has 3 unspecified atom stereocenters. The minimum Gasteiger partial charge on any atom is -0.387 e. The SMILES string of the molecule is CCCCCCCCCC/C=C\CCCCCCCCCCCCCCCCCC(=O)NC(COP(=O)(O)OCC[N+](C)(C)C)C(O)/C=C/CC/C=C/CCCCCCCCCCCCCCCCCCC. The Kier molecular flexibility index (Phi) is 53.5. The summed E-state index contributed by atoms with van der Waals surface area (Å²) in [5.41, 5.74) is 0. The van der Waals surface area contributed by atoms with E-state index in [0.29, 0.717) is 17.4 Å². The number of aliphatic hydroxyl groups excluding tert-OH is 1. The number of quaternary nitrogens is 1. The molecular weight excluding hydrogens is 912 g/mol. The van der Waals surface area contributed by atoms with Crippen molar-refractivity contribution < 1.29 is 32.9 Å². The molecule has 0 aliphatic rings. The summed E-state index contributed by atoms with van der Waals surface area (Å²) in [4.78, 5) is 23.3. The summed E-state index contributed by atoms with van der Waals surface area (Å²) in [6.07, 6.45) is 71.2. The van der Waals surface area contributed by atoms with E-state index in [1.54, 1.807) is 6.08 Å². The Hall–Kier alpha value is -1.28. The van der Waals surface area contributed by atoms with Gasteiger partial charge in [-0.25, -0.2) is 4.57 Å². The fraction of sp³-hybridized carbons (Fsp3) is 0.889. The van der Waals surface area contributed by atoms with Crippen molar-refractivity contribution in [3.63, 3.8) is 0 Å². The number of carbonyl (C=O) groups excluding carboxylic acids is 1. The molecule has 8 nitrogen and oxygen atoms in total. The molecule has 1 amide bonds. The van der Waals surface area contributed by atoms with Crippen molar-refractivity contribution in [1.29, 1.82) is 0 Å². The number of likely N-dealkylation sites (N-methyl/N-ethyl adjacent to an activating group) is 1. The fourth-order valence-electron chi connectivity index (χ4n) is 9.41. The van der Waals surface area contributed by atoms with Crippen LogP contribution >= 0.6 is 7.82 Å². The molecule has 0 fully saturated rings. The molecule has 0 radical (unpaired) electrons. The van der Waals surface area contributed by atoms with E-state index in [-0.39, 0.29) is 19.1 Å². The van der Waals surface area contributed by atoms with E-state index in [0.717, 1.165) is 38.5 Å². The first-order chi connectivity index (χ1) is 35.0. The van der Waals surface area contributed by atoms with Crippen molar-refractivity contribution in [3.8, 4) is 0 Å². The number of nitrogens with one attached hydrogen (secondary N) is 1. The number of aliphatic hydroxyl groups is 1. The van der Waals surface area contributed by atoms with E-state index in [2.05, 4.69) is 43.5 Å². The fourth-order valence-corrected chi connectivity index (χ4v) is 10.1. The molecule has 3 N–H and O–H groups in total. The van der Waals surface area contributed by atoms with Crippen LogP contribution in [0.15, 0.2) is 36.5 Å². The molecule has 0 aromatic heterocycles. The monoisotopic (exact) mass is 1040 g/mol. The zero-order valence-corrected chi connectivity index (χ0v) is 49.6. The van der Waals surface area contributed by atoms with Crippen LogP contribution in [0.1, 0.15) is 309 Å². The van der Waals surface area contributed by atoms with E-state index < -0.39 is 20.0 Å². The van der Waals surface area contributed by atoms with Crippen molar-refractivity contribution in [3.05, 3.63) is 36.5 Å². The molecular formula is C63H124N2O6P+. The van der Waals surface area contributed by atoms with Gasteiger partial charge in [0, 0.05) is 6.42 Å². The summed E-state index contributed by atoms with van der Waals surface area (Å²) in [7, 11) is 1.57. The number of unbranched alkanes of at least 4 members (excludes halogenated alkanes) is 41. The highest BCUT2D eigenvalue weighted by molar-refractivity contribution is 7.47. The van der Waals surface area contributed by atoms with Gasteiger partial charge in [0.1, 0.15) is 13.2 Å². The van der Waals surface area contributed by atoms with Crippen molar-refractivity contribution in [1.82, 2.24) is 5.32 Å². The van der Waals surface area contributed by atoms with Crippen LogP contribution in [0.4, 0.5) is 0 Å². The zero-order chi connectivity index (χ0) is 52.7. The molecule has 3 atom stereocenters. The summed E-state index contributed by atoms with van der Waals surface area (Å²) < 4.78 is 23.7. The lowest BCUT2D eigenvalue weighted by atomic mass is 10.0. The summed E-state index contributed by atoms with van der Waals surface area (Å²) in [6, 6.07) is -0.863. The van der Waals surface area contributed by atoms with Gasteiger partial charge in [-0.3, -0.25) is 13.8 Å². The van der Waals surface area contributed by atoms with Crippen LogP contribution in [0.25, 0.3) is 0 Å². The molecule has 426 valence electrons. The number of nitrogens with zero attached hydrogens (tertiary/aromatic N) is 1. The molecule has 0 bridgehead atoms. The average Bonchev–Trinajstić information content (AvgIpc) is 3.34. The van der Waals surface area contributed by atoms with Gasteiger partial charge >= 0.3 is 7.82 Å². The molecule has 9 heteroatoms. The number of hydrogen-bond donors (Lipinski definition) is 3. The Morgan fingerprint density at radius 1 is 0.458 bits per heavy atom. The molecule has 0 aromatic carbocycles. The van der Waals surface area contributed by atoms with Crippen molar-refractivity contribution in [2.24, 2.45) is 0 Å². The molecule has 0 saturated heterocycles. The third-order valence-electron chi connectivity index (χ3n) is 14.3. The van der Waals surface area contributed by atoms with Gasteiger partial charge in [0.2, 0.25) is 5.91 Å². The molecule has 0 aliphatic carbocycles. The Labute approximate surface area is 448 Å². The molecule has 0 heterocycles. The second-order valence-electron chi connectivity index (χ2n) is 22.8. The van der Waals surface area contributed by atoms with Crippen LogP contribution in [-0.4, -0.2) is 73.4 Å². The maximum absolute atomic E-state index is 13.0. The number of carbonyl (C=O) groups is 1. The minimum absolute atomic E-state index is 0.0575. The van der Waals surface area contributed by atoms with Gasteiger partial charge in [-0.1, -0.05) is 281 Å². The smallest absolute Gasteiger partial charge is 0.387 e. The highest BCUT2D eigenvalue weighted by atomic mass is 31.2. The lowest BCUT2D eigenvalue weighted by molar-refractivity contribution is -0.870. The van der Waals surface area contributed by atoms with Crippen LogP contribution < -0.4 is 5.32 Å². The largest absolute Gasteiger partial charge is 0.472 e. The van der Waals surface area contributed by atoms with Crippen LogP contribution in [0.5, 0.6) is 0 Å². The van der Waals surface area contributed by atoms with E-state index in [1.165, 1.54) is 250 Å². The van der Waals surface area contributed by atoms with E-state index in [9.17, 15) is 19.4 Å². The van der Waals surface area contributed by atoms with Gasteiger partial charge in [0.15, 0.2) is 0 Å². The normalized spacial score (nSPS) is 14.0. The zero-order valence-electron chi connectivity index (χ0n) is 48.7. The molecule has 0 spiro atoms. The molecule has 72 heavy (non-hydrogen) atoms. The Morgan fingerprint density at radius 3 is 1.11 bits per heavy atom. The van der Waals surface area contributed by atoms with Gasteiger partial charge in [-0.15, -0.1) is 0 Å². The predicted octanol–water partition coefficient (Wildman–Crippen LogP) is 19.3. The maximum Gasteiger partial charge on any atom is 0.472 e. The first kappa shape index (κ1) is 70.7. The highest BCUT2D eigenvalue weighted by Crippen LogP contribution is 2.43. The first-order valence-electron chi connectivity index (χ1n) is 31.4. The van der Waals surface area contributed by atoms with E-state index in [4.69, 9.17) is 9.05 Å². The van der Waals surface area contributed by atoms with E-state index in [1.807, 2.05) is 27.2 Å². The Morgan fingerprint density at radius 2 is 0.764 bits per heavy atom. The third kappa shape index (κ3) is 56.4. The number of hydrogen-bond acceptors (Lipinski definition) is 5. The van der Waals surface area contributed by atoms with Gasteiger partial charge in [0.05, 0.1) is 39.9 Å². The predicted molar refractivity (Wildman–Crippen MR) is 314 cm³/mol. The molecule has 0 saturated carbocycles. The van der Waals surface area contributed by atoms with Crippen LogP contribution in [0.3, 0.4) is 0 Å². The molecule has 0 aromatic rings. The van der Waals surface area contributed by atoms with Crippen LogP contribution in [0.2, 0.25) is 0 Å². The van der Waals surface area contributed by atoms with Crippen molar-refractivity contribution >= 4 is 13.7 Å². The Balaban J connectivity index is 4.16. The second-order valence-corrected chi connectivity index (χ2v) is 24.2. The topological polar surface area (TPSA) is 105 Å². The summed E-state index contributed by atoms with van der Waals surface area (Å²) in [5.74, 6) is -0.182. The summed E-state index contributed by atoms with van der Waals surface area (Å²) in [5, 5.41) is 14.0. The van der Waals surface area contributed by atoms with Gasteiger partial charge in [-0.05, 0) is 57.8 Å². The Bertz CT molecular complexity index is 1270. The van der Waals surface area contributed by atoms with Crippen molar-refractivity contribution in [2.75, 3.05) is 40.9 Å². The quantitative estimate of drug-likeness (QED) is 0.0243. The van der Waals surface area contributed by atoms with Gasteiger partial charge < -0.3 is 19.8 Å². The van der Waals surface area contributed by atoms with Gasteiger partial charge in [-0.2, -0.15) is 0 Å². The maximum atomic E-state index is 13.0. The number of allylic oxidation sites excluding steroid dienone is 5. The van der Waals surface area contributed by atoms with Crippen LogP contribution in [0, 0.1) is 0 Å². The number of rotatable bonds is 58. The number of phosphoric ester groups is 1. The number of amides is 1. The lowest BCUT2D eigenvalue weighted by Gasteiger charge is -2.25. The third-order valence-corrected chi connectivity index (χ3v) is 15.3. The number of phosphoric acid groups is 1. The highest BCUT2D eigenvalue weighted by Gasteiger charge is 2.27. The summed E-state index contributed by atoms with van der Waals surface area (Å²) >= 11 is 0. The first-order valence-corrected chi connectivity index (χ1v) is 32.9. The molecule has 0 aliphatic heterocycles. The van der Waals surface area contributed by atoms with E-state index >= 15 is 0 Å². The standard InChI is InChI=1S/C63H123N2O6P/c1-6-8-10-12-14-16-18-20-22-24-26-28-30-31-32-33-35-37-39-41-43-45-47-49-51-53-55-57-63(67)64-61(60-71-72(68,69)70-59-58-65(3,4)5)62(66)56-54-52-50-48-46-44-42-40-38-36-34-29-27-25-23-21-19-17-15-13-11-9-7-2/h24,26,46,48,54,56,61-62,66H,6-23,25,27-45,47,49-53,55,57-60H2,1-5H3,(H-,64,67,68,69)/p+1/b26-24-,48-46+,56-54+. The summed E-state index contributed by atoms with van der Waals surface area (Å²) in [6.45, 7) is 4.84. The molecule has 0 rings (SSSR count). The van der Waals surface area contributed by atoms with Crippen LogP contribution in [-0.2, 0) is 18.4 Å². The second kappa shape index (κ2) is 54.5. The van der Waals surface area contributed by atoms with Gasteiger partial charge in [0.25, 0.3) is 0 Å². The van der Waals surface area contributed by atoms with Crippen molar-refractivity contribution in [2.45, 2.75) is 321 Å². The minimum atomic E-state index is -4.36. The lowest BCUT2D eigenvalue weighted by Crippen LogP contribution is -2.45. The average molecular weight is 1040 g/mol.